The quantitative estimate of drug-likeness (QED) is 0.139. The number of unbranched alkanes of at least 4 members (excludes halogenated alkanes) is 23. The fourth-order valence-corrected chi connectivity index (χ4v) is 4.21. The number of rotatable bonds is 25. The van der Waals surface area contributed by atoms with E-state index in [1.807, 2.05) is 0 Å². The van der Waals surface area contributed by atoms with Crippen molar-refractivity contribution in [3.8, 4) is 0 Å². The molecule has 0 radical (unpaired) electrons. The molecule has 1 heteroatoms. The Labute approximate surface area is 179 Å². The van der Waals surface area contributed by atoms with Gasteiger partial charge in [-0.3, -0.25) is 0 Å². The Kier molecular flexibility index (Phi) is 26.9. The summed E-state index contributed by atoms with van der Waals surface area (Å²) in [7, 11) is 1.80. The van der Waals surface area contributed by atoms with Crippen molar-refractivity contribution < 1.29 is 4.74 Å². The predicted octanol–water partition coefficient (Wildman–Crippen LogP) is 10.0. The monoisotopic (exact) mass is 396 g/mol. The summed E-state index contributed by atoms with van der Waals surface area (Å²) in [5.41, 5.74) is 0. The van der Waals surface area contributed by atoms with Crippen molar-refractivity contribution in [1.29, 1.82) is 0 Å². The van der Waals surface area contributed by atoms with Crippen LogP contribution in [-0.4, -0.2) is 13.7 Å². The van der Waals surface area contributed by atoms with E-state index in [1.54, 1.807) is 7.11 Å². The van der Waals surface area contributed by atoms with Gasteiger partial charge in [0, 0.05) is 13.7 Å². The summed E-state index contributed by atoms with van der Waals surface area (Å²) in [6.07, 6.45) is 34.9. The van der Waals surface area contributed by atoms with Gasteiger partial charge in [0.25, 0.3) is 0 Å². The summed E-state index contributed by atoms with van der Waals surface area (Å²) in [6.45, 7) is 3.25. The van der Waals surface area contributed by atoms with E-state index in [1.165, 1.54) is 154 Å². The average molecular weight is 397 g/mol. The maximum absolute atomic E-state index is 5.09. The molecule has 0 spiro atoms. The molecule has 0 saturated carbocycles. The zero-order chi connectivity index (χ0) is 20.4. The van der Waals surface area contributed by atoms with Crippen LogP contribution in [0.4, 0.5) is 0 Å². The van der Waals surface area contributed by atoms with Crippen LogP contribution in [0.1, 0.15) is 161 Å². The first-order chi connectivity index (χ1) is 13.9. The van der Waals surface area contributed by atoms with Crippen molar-refractivity contribution in [1.82, 2.24) is 0 Å². The summed E-state index contributed by atoms with van der Waals surface area (Å²) in [6, 6.07) is 0. The Morgan fingerprint density at radius 3 is 0.750 bits per heavy atom. The summed E-state index contributed by atoms with van der Waals surface area (Å²) in [5.74, 6) is 0. The van der Waals surface area contributed by atoms with E-state index in [2.05, 4.69) is 6.92 Å². The molecule has 0 saturated heterocycles. The minimum atomic E-state index is 0.944. The predicted molar refractivity (Wildman–Crippen MR) is 128 cm³/mol. The molecule has 28 heavy (non-hydrogen) atoms. The minimum Gasteiger partial charge on any atom is -0.385 e. The second-order valence-electron chi connectivity index (χ2n) is 9.12. The molecule has 0 aliphatic rings. The summed E-state index contributed by atoms with van der Waals surface area (Å²) >= 11 is 0. The van der Waals surface area contributed by atoms with E-state index < -0.39 is 0 Å². The van der Waals surface area contributed by atoms with Crippen molar-refractivity contribution in [2.45, 2.75) is 161 Å². The molecule has 0 aromatic carbocycles. The highest BCUT2D eigenvalue weighted by molar-refractivity contribution is 4.51. The van der Waals surface area contributed by atoms with E-state index in [4.69, 9.17) is 4.74 Å². The molecule has 0 aromatic heterocycles. The van der Waals surface area contributed by atoms with E-state index in [0.717, 1.165) is 6.61 Å². The molecule has 0 rings (SSSR count). The highest BCUT2D eigenvalue weighted by atomic mass is 16.5. The Morgan fingerprint density at radius 2 is 0.536 bits per heavy atom. The molecule has 1 nitrogen and oxygen atoms in total. The number of ether oxygens (including phenoxy) is 1. The lowest BCUT2D eigenvalue weighted by Gasteiger charge is -2.04. The normalized spacial score (nSPS) is 11.4. The largest absolute Gasteiger partial charge is 0.385 e. The van der Waals surface area contributed by atoms with Crippen LogP contribution < -0.4 is 0 Å². The van der Waals surface area contributed by atoms with Crippen molar-refractivity contribution in [2.24, 2.45) is 0 Å². The van der Waals surface area contributed by atoms with Gasteiger partial charge in [-0.2, -0.15) is 0 Å². The molecule has 0 bridgehead atoms. The highest BCUT2D eigenvalue weighted by Crippen LogP contribution is 2.15. The average Bonchev–Trinajstić information content (AvgIpc) is 2.71. The van der Waals surface area contributed by atoms with Gasteiger partial charge in [-0.15, -0.1) is 0 Å². The smallest absolute Gasteiger partial charge is 0.0462 e. The van der Waals surface area contributed by atoms with Crippen LogP contribution in [0.5, 0.6) is 0 Å². The lowest BCUT2D eigenvalue weighted by molar-refractivity contribution is 0.192. The van der Waals surface area contributed by atoms with Crippen LogP contribution in [-0.2, 0) is 4.74 Å². The topological polar surface area (TPSA) is 9.23 Å². The first kappa shape index (κ1) is 28.0. The van der Waals surface area contributed by atoms with E-state index in [9.17, 15) is 0 Å². The Morgan fingerprint density at radius 1 is 0.321 bits per heavy atom. The third kappa shape index (κ3) is 26.0. The Balaban J connectivity index is 2.96. The van der Waals surface area contributed by atoms with Crippen LogP contribution >= 0.6 is 0 Å². The molecule has 0 atom stereocenters. The van der Waals surface area contributed by atoms with Crippen LogP contribution in [0.25, 0.3) is 0 Å². The fraction of sp³-hybridized carbons (Fsp3) is 1.00. The van der Waals surface area contributed by atoms with Crippen molar-refractivity contribution in [3.63, 3.8) is 0 Å². The van der Waals surface area contributed by atoms with Crippen LogP contribution in [0.2, 0.25) is 0 Å². The summed E-state index contributed by atoms with van der Waals surface area (Å²) in [4.78, 5) is 0. The molecule has 0 N–H and O–H groups in total. The first-order valence-electron chi connectivity index (χ1n) is 13.4. The van der Waals surface area contributed by atoms with E-state index >= 15 is 0 Å². The maximum atomic E-state index is 5.09. The lowest BCUT2D eigenvalue weighted by atomic mass is 10.0. The van der Waals surface area contributed by atoms with Gasteiger partial charge < -0.3 is 4.74 Å². The van der Waals surface area contributed by atoms with Gasteiger partial charge in [-0.05, 0) is 6.42 Å². The second kappa shape index (κ2) is 27.0. The van der Waals surface area contributed by atoms with Gasteiger partial charge in [-0.25, -0.2) is 0 Å². The van der Waals surface area contributed by atoms with Gasteiger partial charge >= 0.3 is 0 Å². The van der Waals surface area contributed by atoms with Crippen molar-refractivity contribution >= 4 is 0 Å². The van der Waals surface area contributed by atoms with E-state index in [-0.39, 0.29) is 0 Å². The third-order valence-corrected chi connectivity index (χ3v) is 6.20. The van der Waals surface area contributed by atoms with Crippen LogP contribution in [0.15, 0.2) is 0 Å². The standard InChI is InChI=1S/C27H56O/c1-3-4-5-6-7-8-9-10-11-12-13-14-15-16-17-18-19-20-21-22-23-24-25-26-27-28-2/h3-27H2,1-2H3. The maximum Gasteiger partial charge on any atom is 0.0462 e. The van der Waals surface area contributed by atoms with E-state index in [0.29, 0.717) is 0 Å². The zero-order valence-corrected chi connectivity index (χ0v) is 20.1. The molecule has 0 aliphatic carbocycles. The molecule has 0 amide bonds. The number of hydrogen-bond donors (Lipinski definition) is 0. The Bertz CT molecular complexity index is 225. The Hall–Kier alpha value is -0.0400. The molecule has 170 valence electrons. The first-order valence-corrected chi connectivity index (χ1v) is 13.4. The molecular weight excluding hydrogens is 340 g/mol. The van der Waals surface area contributed by atoms with Crippen LogP contribution in [0.3, 0.4) is 0 Å². The SMILES string of the molecule is CCCCCCCCCCCCCCCCCCCCCCCCCCOC. The molecule has 0 aromatic rings. The molecule has 0 unspecified atom stereocenters. The van der Waals surface area contributed by atoms with Gasteiger partial charge in [0.05, 0.1) is 0 Å². The number of methoxy groups -OCH3 is 1. The molecule has 0 heterocycles. The van der Waals surface area contributed by atoms with Gasteiger partial charge in [0.15, 0.2) is 0 Å². The molecular formula is C27H56O. The fourth-order valence-electron chi connectivity index (χ4n) is 4.21. The van der Waals surface area contributed by atoms with Gasteiger partial charge in [-0.1, -0.05) is 155 Å². The van der Waals surface area contributed by atoms with Gasteiger partial charge in [0.2, 0.25) is 0 Å². The van der Waals surface area contributed by atoms with Gasteiger partial charge in [0.1, 0.15) is 0 Å². The third-order valence-electron chi connectivity index (χ3n) is 6.20. The zero-order valence-electron chi connectivity index (χ0n) is 20.1. The van der Waals surface area contributed by atoms with Crippen molar-refractivity contribution in [2.75, 3.05) is 13.7 Å². The highest BCUT2D eigenvalue weighted by Gasteiger charge is 1.96. The minimum absolute atomic E-state index is 0.944. The molecule has 0 aliphatic heterocycles. The van der Waals surface area contributed by atoms with Crippen LogP contribution in [0, 0.1) is 0 Å². The molecule has 0 fully saturated rings. The number of hydrogen-bond acceptors (Lipinski definition) is 1. The van der Waals surface area contributed by atoms with Crippen molar-refractivity contribution in [3.05, 3.63) is 0 Å². The lowest BCUT2D eigenvalue weighted by Crippen LogP contribution is -1.88. The summed E-state index contributed by atoms with van der Waals surface area (Å²) in [5, 5.41) is 0. The summed E-state index contributed by atoms with van der Waals surface area (Å²) < 4.78 is 5.09. The second-order valence-corrected chi connectivity index (χ2v) is 9.12.